The van der Waals surface area contributed by atoms with Gasteiger partial charge in [-0.05, 0) is 140 Å². The second-order valence-electron chi connectivity index (χ2n) is 16.5. The summed E-state index contributed by atoms with van der Waals surface area (Å²) in [6, 6.07) is 21.5. The molecule has 3 fully saturated rings. The minimum absolute atomic E-state index is 0.00142. The summed E-state index contributed by atoms with van der Waals surface area (Å²) in [5.41, 5.74) is 5.26. The third-order valence-corrected chi connectivity index (χ3v) is 12.8. The van der Waals surface area contributed by atoms with Crippen LogP contribution in [0.3, 0.4) is 0 Å². The number of aliphatic hydroxyl groups is 2. The van der Waals surface area contributed by atoms with Gasteiger partial charge in [0, 0.05) is 38.4 Å². The normalized spacial score (nSPS) is 23.9. The number of carbonyl (C=O) groups excluding carboxylic acids is 2. The lowest BCUT2D eigenvalue weighted by Crippen LogP contribution is -2.43. The average molecular weight is 846 g/mol. The van der Waals surface area contributed by atoms with Gasteiger partial charge in [-0.2, -0.15) is 13.2 Å². The zero-order valence-electron chi connectivity index (χ0n) is 35.1. The van der Waals surface area contributed by atoms with E-state index in [4.69, 9.17) is 14.6 Å². The fraction of sp³-hybridized carbons (Fsp3) is 0.489. The van der Waals surface area contributed by atoms with Gasteiger partial charge in [-0.15, -0.1) is 0 Å². The number of hydrogen-bond acceptors (Lipinski definition) is 9. The van der Waals surface area contributed by atoms with Gasteiger partial charge in [0.05, 0.1) is 37.8 Å². The number of fused-ring (bicyclic) bond motifs is 5. The fourth-order valence-corrected chi connectivity index (χ4v) is 9.60. The van der Waals surface area contributed by atoms with Crippen LogP contribution in [0.15, 0.2) is 79.1 Å². The number of carbonyl (C=O) groups is 2. The summed E-state index contributed by atoms with van der Waals surface area (Å²) in [6.07, 6.45) is 6.63. The number of aryl methyl sites for hydroxylation is 1. The summed E-state index contributed by atoms with van der Waals surface area (Å²) in [5, 5.41) is 26.2. The van der Waals surface area contributed by atoms with Gasteiger partial charge < -0.3 is 35.6 Å². The summed E-state index contributed by atoms with van der Waals surface area (Å²) in [7, 11) is 2.62. The summed E-state index contributed by atoms with van der Waals surface area (Å²) < 4.78 is 48.5. The maximum absolute atomic E-state index is 12.7. The van der Waals surface area contributed by atoms with Gasteiger partial charge in [0.2, 0.25) is 0 Å². The summed E-state index contributed by atoms with van der Waals surface area (Å²) in [6.45, 7) is 4.61. The highest BCUT2D eigenvalue weighted by molar-refractivity contribution is 5.95. The fourth-order valence-electron chi connectivity index (χ4n) is 9.60. The van der Waals surface area contributed by atoms with E-state index in [1.165, 1.54) is 36.6 Å². The van der Waals surface area contributed by atoms with Crippen molar-refractivity contribution in [2.45, 2.75) is 89.0 Å². The van der Waals surface area contributed by atoms with Crippen molar-refractivity contribution in [2.75, 3.05) is 45.8 Å². The molecule has 5 N–H and O–H groups in total. The van der Waals surface area contributed by atoms with Crippen LogP contribution in [0.1, 0.15) is 102 Å². The minimum Gasteiger partial charge on any atom is -0.494 e. The predicted octanol–water partition coefficient (Wildman–Crippen LogP) is 7.82. The van der Waals surface area contributed by atoms with Gasteiger partial charge >= 0.3 is 6.18 Å². The molecule has 0 radical (unpaired) electrons. The van der Waals surface area contributed by atoms with Crippen LogP contribution >= 0.6 is 0 Å². The number of nitrogens with zero attached hydrogens (tertiary/aromatic N) is 2. The molecule has 61 heavy (non-hydrogen) atoms. The monoisotopic (exact) mass is 845 g/mol. The predicted molar refractivity (Wildman–Crippen MR) is 227 cm³/mol. The molecule has 1 aliphatic heterocycles. The molecule has 2 saturated carbocycles. The van der Waals surface area contributed by atoms with Crippen molar-refractivity contribution in [1.29, 1.82) is 0 Å². The molecule has 6 atom stereocenters. The van der Waals surface area contributed by atoms with Gasteiger partial charge in [0.25, 0.3) is 11.8 Å². The third-order valence-electron chi connectivity index (χ3n) is 12.8. The molecule has 4 unspecified atom stereocenters. The molecule has 8 rings (SSSR count). The van der Waals surface area contributed by atoms with E-state index in [0.717, 1.165) is 62.5 Å². The molecule has 3 aromatic carbocycles. The highest BCUT2D eigenvalue weighted by atomic mass is 19.4. The smallest absolute Gasteiger partial charge is 0.434 e. The van der Waals surface area contributed by atoms with Gasteiger partial charge in [-0.3, -0.25) is 14.6 Å². The lowest BCUT2D eigenvalue weighted by atomic mass is 9.55. The van der Waals surface area contributed by atoms with E-state index in [0.29, 0.717) is 61.4 Å². The number of hydrogen-bond donors (Lipinski definition) is 5. The molecule has 3 aliphatic carbocycles. The number of alkyl halides is 3. The molecule has 1 saturated heterocycles. The molecule has 0 bridgehead atoms. The molecular weight excluding hydrogens is 788 g/mol. The Bertz CT molecular complexity index is 2060. The number of anilines is 1. The Kier molecular flexibility index (Phi) is 15.4. The number of amides is 2. The van der Waals surface area contributed by atoms with E-state index in [2.05, 4.69) is 51.0 Å². The quantitative estimate of drug-likeness (QED) is 0.101. The third kappa shape index (κ3) is 11.1. The van der Waals surface area contributed by atoms with Crippen molar-refractivity contribution >= 4 is 17.6 Å². The second-order valence-corrected chi connectivity index (χ2v) is 16.5. The lowest BCUT2D eigenvalue weighted by Gasteiger charge is -2.50. The zero-order valence-corrected chi connectivity index (χ0v) is 35.1. The van der Waals surface area contributed by atoms with Crippen LogP contribution in [0.2, 0.25) is 0 Å². The maximum Gasteiger partial charge on any atom is 0.434 e. The Balaban J connectivity index is 0.000000273. The molecule has 1 aromatic heterocycles. The van der Waals surface area contributed by atoms with E-state index in [-0.39, 0.29) is 35.2 Å². The first-order chi connectivity index (χ1) is 29.4. The minimum atomic E-state index is -4.46. The Labute approximate surface area is 355 Å². The van der Waals surface area contributed by atoms with Gasteiger partial charge in [0.15, 0.2) is 5.69 Å². The molecule has 2 heterocycles. The lowest BCUT2D eigenvalue weighted by molar-refractivity contribution is -0.141. The first-order valence-electron chi connectivity index (χ1n) is 21.3. The van der Waals surface area contributed by atoms with E-state index in [1.54, 1.807) is 19.2 Å². The number of aromatic nitrogens is 2. The maximum atomic E-state index is 12.7. The van der Waals surface area contributed by atoms with Crippen molar-refractivity contribution in [3.05, 3.63) is 107 Å². The topological polar surface area (TPSA) is 155 Å². The average Bonchev–Trinajstić information content (AvgIpc) is 3.60. The number of aliphatic hydroxyl groups excluding tert-OH is 2. The van der Waals surface area contributed by atoms with E-state index in [9.17, 15) is 27.9 Å². The molecule has 14 heteroatoms. The zero-order chi connectivity index (χ0) is 43.6. The number of benzene rings is 3. The number of halogens is 3. The highest BCUT2D eigenvalue weighted by Crippen LogP contribution is 2.61. The van der Waals surface area contributed by atoms with Crippen LogP contribution in [0.25, 0.3) is 11.1 Å². The summed E-state index contributed by atoms with van der Waals surface area (Å²) in [4.78, 5) is 31.4. The van der Waals surface area contributed by atoms with Crippen LogP contribution in [0, 0.1) is 17.3 Å². The van der Waals surface area contributed by atoms with Crippen LogP contribution < -0.4 is 20.7 Å². The molecule has 328 valence electrons. The molecule has 0 spiro atoms. The van der Waals surface area contributed by atoms with Crippen LogP contribution in [0.4, 0.5) is 19.0 Å². The Hall–Kier alpha value is -5.05. The van der Waals surface area contributed by atoms with Gasteiger partial charge in [-0.1, -0.05) is 37.3 Å². The SMILES string of the molecule is CNC(=O)c1ccc(-c2ccc(C(=O)NCCCOc3ccc4c(c3)CC[C@@H]3C4CC[C@]4(C)C(O)CCC34)cc2)cc1.CO.FC(F)(F)c1cncc(NC2CCCOC2)n1. The van der Waals surface area contributed by atoms with Crippen LogP contribution in [0.5, 0.6) is 5.75 Å². The largest absolute Gasteiger partial charge is 0.494 e. The second kappa shape index (κ2) is 20.7. The molecule has 11 nitrogen and oxygen atoms in total. The molecule has 2 amide bonds. The van der Waals surface area contributed by atoms with Crippen molar-refractivity contribution in [3.8, 4) is 16.9 Å². The van der Waals surface area contributed by atoms with Gasteiger partial charge in [-0.25, -0.2) is 4.98 Å². The summed E-state index contributed by atoms with van der Waals surface area (Å²) in [5.74, 6) is 2.80. The van der Waals surface area contributed by atoms with E-state index in [1.807, 2.05) is 36.4 Å². The molecule has 4 aliphatic rings. The summed E-state index contributed by atoms with van der Waals surface area (Å²) >= 11 is 0. The van der Waals surface area contributed by atoms with Crippen LogP contribution in [-0.4, -0.2) is 84.7 Å². The Morgan fingerprint density at radius 2 is 1.62 bits per heavy atom. The standard InChI is InChI=1S/C36H42N2O4.C10H12F3N3O.CH4O/c1-36-19-18-30-29-15-13-28(22-27(29)12-14-31(30)32(36)16-17-33(36)39)42-21-3-20-38-35(41)26-10-6-24(7-11-26)23-4-8-25(9-5-23)34(40)37-2;11-10(12,13)8-4-14-5-9(16-8)15-7-2-1-3-17-6-7;1-2/h4-11,13,15,22,30-33,39H,3,12,14,16-21H2,1-2H3,(H,37,40)(H,38,41);4-5,7H,1-3,6H2,(H,15,16);2H,1H3/t30?,31-,32?,33?,36+;;/m1../s1. The Morgan fingerprint density at radius 1 is 0.918 bits per heavy atom. The molecule has 4 aromatic rings. The number of rotatable bonds is 10. The van der Waals surface area contributed by atoms with E-state index >= 15 is 0 Å². The van der Waals surface area contributed by atoms with Crippen molar-refractivity contribution in [2.24, 2.45) is 17.3 Å². The van der Waals surface area contributed by atoms with Crippen molar-refractivity contribution < 1.29 is 42.4 Å². The first kappa shape index (κ1) is 45.5. The number of nitrogens with one attached hydrogen (secondary N) is 3. The van der Waals surface area contributed by atoms with E-state index < -0.39 is 11.9 Å². The molecular formula is C47H58F3N5O6. The van der Waals surface area contributed by atoms with Crippen molar-refractivity contribution in [1.82, 2.24) is 20.6 Å². The van der Waals surface area contributed by atoms with Crippen molar-refractivity contribution in [3.63, 3.8) is 0 Å². The van der Waals surface area contributed by atoms with Gasteiger partial charge in [0.1, 0.15) is 11.6 Å². The highest BCUT2D eigenvalue weighted by Gasteiger charge is 2.54. The Morgan fingerprint density at radius 3 is 2.28 bits per heavy atom. The first-order valence-corrected chi connectivity index (χ1v) is 21.3. The number of ether oxygens (including phenoxy) is 2. The van der Waals surface area contributed by atoms with Crippen LogP contribution in [-0.2, 0) is 17.3 Å².